The zero-order valence-corrected chi connectivity index (χ0v) is 9.38. The van der Waals surface area contributed by atoms with Gasteiger partial charge in [0.15, 0.2) is 0 Å². The van der Waals surface area contributed by atoms with Crippen molar-refractivity contribution in [3.63, 3.8) is 0 Å². The molecule has 1 N–H and O–H groups in total. The number of nitrogens with zero attached hydrogens (tertiary/aromatic N) is 1. The van der Waals surface area contributed by atoms with Crippen LogP contribution in [0.4, 0.5) is 0 Å². The van der Waals surface area contributed by atoms with E-state index >= 15 is 0 Å². The van der Waals surface area contributed by atoms with Crippen LogP contribution in [0.15, 0.2) is 30.5 Å². The zero-order valence-electron chi connectivity index (χ0n) is 8.62. The SMILES string of the molecule is COc1ccc2[nH]c3nccc(Cl)c3c2c1. The van der Waals surface area contributed by atoms with Crippen molar-refractivity contribution in [1.82, 2.24) is 9.97 Å². The number of ether oxygens (including phenoxy) is 1. The van der Waals surface area contributed by atoms with Crippen molar-refractivity contribution in [1.29, 1.82) is 0 Å². The molecular formula is C12H9ClN2O. The zero-order chi connectivity index (χ0) is 11.1. The van der Waals surface area contributed by atoms with Gasteiger partial charge < -0.3 is 9.72 Å². The van der Waals surface area contributed by atoms with Gasteiger partial charge in [0, 0.05) is 22.5 Å². The molecule has 2 heterocycles. The van der Waals surface area contributed by atoms with Gasteiger partial charge in [-0.25, -0.2) is 4.98 Å². The lowest BCUT2D eigenvalue weighted by Crippen LogP contribution is -1.80. The van der Waals surface area contributed by atoms with Crippen LogP contribution in [0, 0.1) is 0 Å². The number of hydrogen-bond acceptors (Lipinski definition) is 2. The number of halogens is 1. The Morgan fingerprint density at radius 3 is 3.00 bits per heavy atom. The summed E-state index contributed by atoms with van der Waals surface area (Å²) in [5, 5.41) is 2.68. The van der Waals surface area contributed by atoms with Crippen LogP contribution in [0.5, 0.6) is 5.75 Å². The van der Waals surface area contributed by atoms with Gasteiger partial charge in [0.25, 0.3) is 0 Å². The highest BCUT2D eigenvalue weighted by Gasteiger charge is 2.08. The topological polar surface area (TPSA) is 37.9 Å². The minimum Gasteiger partial charge on any atom is -0.497 e. The molecule has 0 spiro atoms. The second-order valence-corrected chi connectivity index (χ2v) is 3.96. The van der Waals surface area contributed by atoms with Crippen molar-refractivity contribution in [2.45, 2.75) is 0 Å². The number of nitrogens with one attached hydrogen (secondary N) is 1. The average molecular weight is 233 g/mol. The maximum atomic E-state index is 6.17. The number of fused-ring (bicyclic) bond motifs is 3. The number of H-pyrrole nitrogens is 1. The Morgan fingerprint density at radius 2 is 2.19 bits per heavy atom. The number of methoxy groups -OCH3 is 1. The number of pyridine rings is 1. The van der Waals surface area contributed by atoms with Crippen LogP contribution >= 0.6 is 11.6 Å². The van der Waals surface area contributed by atoms with Gasteiger partial charge in [-0.2, -0.15) is 0 Å². The smallest absolute Gasteiger partial charge is 0.139 e. The van der Waals surface area contributed by atoms with Crippen molar-refractivity contribution >= 4 is 33.5 Å². The number of aromatic nitrogens is 2. The van der Waals surface area contributed by atoms with E-state index in [2.05, 4.69) is 9.97 Å². The molecule has 3 rings (SSSR count). The van der Waals surface area contributed by atoms with Gasteiger partial charge in [-0.1, -0.05) is 11.6 Å². The van der Waals surface area contributed by atoms with Crippen molar-refractivity contribution in [3.05, 3.63) is 35.5 Å². The summed E-state index contributed by atoms with van der Waals surface area (Å²) in [6, 6.07) is 7.62. The molecule has 0 radical (unpaired) electrons. The summed E-state index contributed by atoms with van der Waals surface area (Å²) in [6.45, 7) is 0. The van der Waals surface area contributed by atoms with Gasteiger partial charge in [0.1, 0.15) is 11.4 Å². The minimum absolute atomic E-state index is 0.699. The first-order chi connectivity index (χ1) is 7.79. The number of rotatable bonds is 1. The first kappa shape index (κ1) is 9.48. The van der Waals surface area contributed by atoms with Crippen molar-refractivity contribution < 1.29 is 4.74 Å². The highest BCUT2D eigenvalue weighted by Crippen LogP contribution is 2.31. The largest absolute Gasteiger partial charge is 0.497 e. The lowest BCUT2D eigenvalue weighted by atomic mass is 10.2. The van der Waals surface area contributed by atoms with E-state index in [4.69, 9.17) is 16.3 Å². The third-order valence-corrected chi connectivity index (χ3v) is 2.96. The Bertz CT molecular complexity index is 675. The molecule has 2 aromatic heterocycles. The molecular weight excluding hydrogens is 224 g/mol. The van der Waals surface area contributed by atoms with E-state index in [-0.39, 0.29) is 0 Å². The maximum absolute atomic E-state index is 6.17. The molecule has 0 bridgehead atoms. The van der Waals surface area contributed by atoms with E-state index in [0.717, 1.165) is 27.7 Å². The van der Waals surface area contributed by atoms with Gasteiger partial charge in [-0.05, 0) is 24.3 Å². The predicted octanol–water partition coefficient (Wildman–Crippen LogP) is 3.38. The van der Waals surface area contributed by atoms with E-state index in [9.17, 15) is 0 Å². The average Bonchev–Trinajstić information content (AvgIpc) is 2.67. The number of benzene rings is 1. The van der Waals surface area contributed by atoms with Crippen molar-refractivity contribution in [2.75, 3.05) is 7.11 Å². The van der Waals surface area contributed by atoms with Crippen LogP contribution in [0.25, 0.3) is 21.9 Å². The molecule has 0 aliphatic rings. The van der Waals surface area contributed by atoms with Crippen LogP contribution in [0.3, 0.4) is 0 Å². The summed E-state index contributed by atoms with van der Waals surface area (Å²) < 4.78 is 5.20. The van der Waals surface area contributed by atoms with E-state index in [1.54, 1.807) is 19.4 Å². The highest BCUT2D eigenvalue weighted by atomic mass is 35.5. The van der Waals surface area contributed by atoms with Gasteiger partial charge in [-0.3, -0.25) is 0 Å². The van der Waals surface area contributed by atoms with Crippen LogP contribution in [0.2, 0.25) is 5.02 Å². The molecule has 0 saturated heterocycles. The van der Waals surface area contributed by atoms with Crippen LogP contribution in [-0.4, -0.2) is 17.1 Å². The quantitative estimate of drug-likeness (QED) is 0.699. The fourth-order valence-electron chi connectivity index (χ4n) is 1.88. The summed E-state index contributed by atoms with van der Waals surface area (Å²) in [5.74, 6) is 0.813. The van der Waals surface area contributed by atoms with Crippen molar-refractivity contribution in [3.8, 4) is 5.75 Å². The van der Waals surface area contributed by atoms with E-state index in [1.807, 2.05) is 18.2 Å². The van der Waals surface area contributed by atoms with Crippen LogP contribution in [-0.2, 0) is 0 Å². The molecule has 1 aromatic carbocycles. The number of aromatic amines is 1. The molecule has 0 unspecified atom stereocenters. The van der Waals surface area contributed by atoms with Crippen molar-refractivity contribution in [2.24, 2.45) is 0 Å². The molecule has 80 valence electrons. The summed E-state index contributed by atoms with van der Waals surface area (Å²) in [6.07, 6.45) is 1.69. The first-order valence-corrected chi connectivity index (χ1v) is 5.27. The molecule has 3 nitrogen and oxygen atoms in total. The summed E-state index contributed by atoms with van der Waals surface area (Å²) in [5.41, 5.74) is 1.81. The Balaban J connectivity index is 2.50. The highest BCUT2D eigenvalue weighted by molar-refractivity contribution is 6.37. The molecule has 0 amide bonds. The molecule has 0 aliphatic heterocycles. The predicted molar refractivity (Wildman–Crippen MR) is 65.2 cm³/mol. The molecule has 0 saturated carbocycles. The van der Waals surface area contributed by atoms with Gasteiger partial charge in [0.05, 0.1) is 12.1 Å². The Kier molecular flexibility index (Phi) is 2.01. The third kappa shape index (κ3) is 1.25. The van der Waals surface area contributed by atoms with Gasteiger partial charge in [-0.15, -0.1) is 0 Å². The lowest BCUT2D eigenvalue weighted by Gasteiger charge is -1.99. The Morgan fingerprint density at radius 1 is 1.31 bits per heavy atom. The number of hydrogen-bond donors (Lipinski definition) is 1. The maximum Gasteiger partial charge on any atom is 0.139 e. The van der Waals surface area contributed by atoms with E-state index in [1.165, 1.54) is 0 Å². The normalized spacial score (nSPS) is 11.1. The van der Waals surface area contributed by atoms with Crippen LogP contribution in [0.1, 0.15) is 0 Å². The minimum atomic E-state index is 0.699. The second kappa shape index (κ2) is 3.39. The molecule has 0 aliphatic carbocycles. The van der Waals surface area contributed by atoms with Gasteiger partial charge >= 0.3 is 0 Å². The fourth-order valence-corrected chi connectivity index (χ4v) is 2.13. The third-order valence-electron chi connectivity index (χ3n) is 2.65. The molecule has 3 aromatic rings. The van der Waals surface area contributed by atoms with E-state index in [0.29, 0.717) is 5.02 Å². The lowest BCUT2D eigenvalue weighted by molar-refractivity contribution is 0.415. The molecule has 0 fully saturated rings. The molecule has 16 heavy (non-hydrogen) atoms. The molecule has 4 heteroatoms. The summed E-state index contributed by atoms with van der Waals surface area (Å²) >= 11 is 6.17. The second-order valence-electron chi connectivity index (χ2n) is 3.55. The van der Waals surface area contributed by atoms with Gasteiger partial charge in [0.2, 0.25) is 0 Å². The summed E-state index contributed by atoms with van der Waals surface area (Å²) in [7, 11) is 1.65. The van der Waals surface area contributed by atoms with Crippen LogP contribution < -0.4 is 4.74 Å². The monoisotopic (exact) mass is 232 g/mol. The first-order valence-electron chi connectivity index (χ1n) is 4.89. The summed E-state index contributed by atoms with van der Waals surface area (Å²) in [4.78, 5) is 7.47. The Hall–Kier alpha value is -1.74. The fraction of sp³-hybridized carbons (Fsp3) is 0.0833. The molecule has 0 atom stereocenters. The standard InChI is InChI=1S/C12H9ClN2O/c1-16-7-2-3-10-8(6-7)11-9(13)4-5-14-12(11)15-10/h2-6H,1H3,(H,14,15). The van der Waals surface area contributed by atoms with E-state index < -0.39 is 0 Å². The Labute approximate surface area is 97.0 Å².